The van der Waals surface area contributed by atoms with Gasteiger partial charge in [0.05, 0.1) is 0 Å². The van der Waals surface area contributed by atoms with Gasteiger partial charge in [0.25, 0.3) is 0 Å². The van der Waals surface area contributed by atoms with E-state index in [0.29, 0.717) is 18.1 Å². The molecular formula is C24H23N3O2. The fourth-order valence-corrected chi connectivity index (χ4v) is 3.69. The Labute approximate surface area is 169 Å². The molecule has 1 amide bonds. The Morgan fingerprint density at radius 1 is 1.00 bits per heavy atom. The molecule has 0 bridgehead atoms. The molecule has 29 heavy (non-hydrogen) atoms. The van der Waals surface area contributed by atoms with Gasteiger partial charge in [-0.25, -0.2) is 0 Å². The van der Waals surface area contributed by atoms with Crippen LogP contribution in [0.15, 0.2) is 59.1 Å². The van der Waals surface area contributed by atoms with Crippen LogP contribution in [0.25, 0.3) is 22.2 Å². The number of nitrogens with one attached hydrogen (secondary N) is 1. The zero-order chi connectivity index (χ0) is 20.4. The van der Waals surface area contributed by atoms with Gasteiger partial charge in [-0.15, -0.1) is 0 Å². The van der Waals surface area contributed by atoms with Crippen LogP contribution >= 0.6 is 0 Å². The number of rotatable bonds is 5. The summed E-state index contributed by atoms with van der Waals surface area (Å²) in [5.74, 6) is 0.938. The molecule has 5 nitrogen and oxygen atoms in total. The Hall–Kier alpha value is -3.47. The Bertz CT molecular complexity index is 1170. The number of amides is 1. The molecule has 0 saturated heterocycles. The van der Waals surface area contributed by atoms with Crippen molar-refractivity contribution >= 4 is 22.4 Å². The van der Waals surface area contributed by atoms with Crippen molar-refractivity contribution in [3.8, 4) is 11.4 Å². The first kappa shape index (κ1) is 18.9. The number of hydrogen-bond donors (Lipinski definition) is 1. The molecule has 3 aromatic carbocycles. The number of anilines is 1. The maximum atomic E-state index is 12.4. The van der Waals surface area contributed by atoms with E-state index in [2.05, 4.69) is 46.6 Å². The van der Waals surface area contributed by atoms with Gasteiger partial charge in [0.1, 0.15) is 0 Å². The molecule has 0 radical (unpaired) electrons. The van der Waals surface area contributed by atoms with Crippen LogP contribution in [0.3, 0.4) is 0 Å². The standard InChI is InChI=1S/C24H23N3O2/c1-15-13-16(2)23(17(3)14-15)25-21(28)11-12-22-26-24(27-29-22)20-10-6-8-18-7-4-5-9-19(18)20/h4-10,13-14H,11-12H2,1-3H3,(H,25,28). The quantitative estimate of drug-likeness (QED) is 0.500. The van der Waals surface area contributed by atoms with Crippen molar-refractivity contribution in [2.75, 3.05) is 5.32 Å². The lowest BCUT2D eigenvalue weighted by Gasteiger charge is -2.12. The summed E-state index contributed by atoms with van der Waals surface area (Å²) >= 11 is 0. The van der Waals surface area contributed by atoms with Gasteiger partial charge in [0.2, 0.25) is 17.6 Å². The van der Waals surface area contributed by atoms with Crippen LogP contribution in [0.1, 0.15) is 29.0 Å². The third kappa shape index (κ3) is 4.04. The first-order valence-electron chi connectivity index (χ1n) is 9.69. The zero-order valence-electron chi connectivity index (χ0n) is 16.8. The van der Waals surface area contributed by atoms with Gasteiger partial charge in [-0.2, -0.15) is 4.98 Å². The van der Waals surface area contributed by atoms with E-state index in [9.17, 15) is 4.79 Å². The maximum absolute atomic E-state index is 12.4. The summed E-state index contributed by atoms with van der Waals surface area (Å²) in [6, 6.07) is 18.2. The topological polar surface area (TPSA) is 68.0 Å². The van der Waals surface area contributed by atoms with Crippen LogP contribution in [0.2, 0.25) is 0 Å². The van der Waals surface area contributed by atoms with Gasteiger partial charge in [0, 0.05) is 24.1 Å². The van der Waals surface area contributed by atoms with Crippen LogP contribution in [0, 0.1) is 20.8 Å². The smallest absolute Gasteiger partial charge is 0.227 e. The number of aryl methyl sites for hydroxylation is 4. The predicted molar refractivity (Wildman–Crippen MR) is 115 cm³/mol. The van der Waals surface area contributed by atoms with Crippen LogP contribution in [-0.4, -0.2) is 16.0 Å². The summed E-state index contributed by atoms with van der Waals surface area (Å²) < 4.78 is 5.39. The largest absolute Gasteiger partial charge is 0.339 e. The number of carbonyl (C=O) groups is 1. The fourth-order valence-electron chi connectivity index (χ4n) is 3.69. The van der Waals surface area contributed by atoms with Crippen LogP contribution in [0.4, 0.5) is 5.69 Å². The van der Waals surface area contributed by atoms with Crippen molar-refractivity contribution in [2.24, 2.45) is 0 Å². The van der Waals surface area contributed by atoms with Crippen molar-refractivity contribution in [3.05, 3.63) is 77.2 Å². The minimum atomic E-state index is -0.0648. The van der Waals surface area contributed by atoms with E-state index in [1.807, 2.05) is 44.2 Å². The van der Waals surface area contributed by atoms with Gasteiger partial charge >= 0.3 is 0 Å². The summed E-state index contributed by atoms with van der Waals surface area (Å²) in [6.07, 6.45) is 0.678. The molecule has 0 spiro atoms. The molecule has 0 unspecified atom stereocenters. The molecule has 0 aliphatic carbocycles. The van der Waals surface area contributed by atoms with Crippen LogP contribution in [-0.2, 0) is 11.2 Å². The number of aromatic nitrogens is 2. The van der Waals surface area contributed by atoms with Crippen LogP contribution < -0.4 is 5.32 Å². The SMILES string of the molecule is Cc1cc(C)c(NC(=O)CCc2nc(-c3cccc4ccccc34)no2)c(C)c1. The van der Waals surface area contributed by atoms with Gasteiger partial charge in [-0.05, 0) is 42.7 Å². The fraction of sp³-hybridized carbons (Fsp3) is 0.208. The second-order valence-corrected chi connectivity index (χ2v) is 7.36. The number of nitrogens with zero attached hydrogens (tertiary/aromatic N) is 2. The third-order valence-electron chi connectivity index (χ3n) is 5.01. The average Bonchev–Trinajstić information content (AvgIpc) is 3.17. The maximum Gasteiger partial charge on any atom is 0.227 e. The highest BCUT2D eigenvalue weighted by molar-refractivity contribution is 5.95. The summed E-state index contributed by atoms with van der Waals surface area (Å²) in [5.41, 5.74) is 5.11. The van der Waals surface area contributed by atoms with Crippen molar-refractivity contribution in [2.45, 2.75) is 33.6 Å². The van der Waals surface area contributed by atoms with Gasteiger partial charge in [0.15, 0.2) is 0 Å². The monoisotopic (exact) mass is 385 g/mol. The number of hydrogen-bond acceptors (Lipinski definition) is 4. The summed E-state index contributed by atoms with van der Waals surface area (Å²) in [6.45, 7) is 6.06. The highest BCUT2D eigenvalue weighted by Crippen LogP contribution is 2.27. The second kappa shape index (κ2) is 7.87. The Balaban J connectivity index is 1.45. The number of fused-ring (bicyclic) bond motifs is 1. The minimum Gasteiger partial charge on any atom is -0.339 e. The Morgan fingerprint density at radius 3 is 2.52 bits per heavy atom. The molecule has 1 N–H and O–H groups in total. The van der Waals surface area contributed by atoms with Crippen molar-refractivity contribution in [3.63, 3.8) is 0 Å². The highest BCUT2D eigenvalue weighted by atomic mass is 16.5. The van der Waals surface area contributed by atoms with Crippen molar-refractivity contribution < 1.29 is 9.32 Å². The number of benzene rings is 3. The molecule has 1 heterocycles. The first-order chi connectivity index (χ1) is 14.0. The van der Waals surface area contributed by atoms with Crippen LogP contribution in [0.5, 0.6) is 0 Å². The third-order valence-corrected chi connectivity index (χ3v) is 5.01. The summed E-state index contributed by atoms with van der Waals surface area (Å²) in [5, 5.41) is 9.33. The van der Waals surface area contributed by atoms with Crippen molar-refractivity contribution in [1.29, 1.82) is 0 Å². The molecule has 146 valence electrons. The van der Waals surface area contributed by atoms with E-state index in [1.165, 1.54) is 5.56 Å². The summed E-state index contributed by atoms with van der Waals surface area (Å²) in [7, 11) is 0. The first-order valence-corrected chi connectivity index (χ1v) is 9.69. The van der Waals surface area contributed by atoms with E-state index in [0.717, 1.165) is 33.2 Å². The Morgan fingerprint density at radius 2 is 1.72 bits per heavy atom. The molecule has 0 saturated carbocycles. The molecule has 0 fully saturated rings. The molecule has 4 aromatic rings. The van der Waals surface area contributed by atoms with E-state index in [-0.39, 0.29) is 12.3 Å². The van der Waals surface area contributed by atoms with E-state index < -0.39 is 0 Å². The van der Waals surface area contributed by atoms with E-state index in [1.54, 1.807) is 0 Å². The van der Waals surface area contributed by atoms with E-state index >= 15 is 0 Å². The van der Waals surface area contributed by atoms with Gasteiger partial charge in [-0.3, -0.25) is 4.79 Å². The lowest BCUT2D eigenvalue weighted by molar-refractivity contribution is -0.116. The molecule has 1 aromatic heterocycles. The molecular weight excluding hydrogens is 362 g/mol. The van der Waals surface area contributed by atoms with Gasteiger partial charge in [-0.1, -0.05) is 65.3 Å². The lowest BCUT2D eigenvalue weighted by Crippen LogP contribution is -2.14. The Kier molecular flexibility index (Phi) is 5.12. The molecule has 0 atom stereocenters. The zero-order valence-corrected chi connectivity index (χ0v) is 16.8. The lowest BCUT2D eigenvalue weighted by atomic mass is 10.0. The predicted octanol–water partition coefficient (Wildman–Crippen LogP) is 5.39. The van der Waals surface area contributed by atoms with E-state index in [4.69, 9.17) is 4.52 Å². The molecule has 5 heteroatoms. The molecule has 0 aliphatic heterocycles. The highest BCUT2D eigenvalue weighted by Gasteiger charge is 2.14. The second-order valence-electron chi connectivity index (χ2n) is 7.36. The molecule has 0 aliphatic rings. The van der Waals surface area contributed by atoms with Gasteiger partial charge < -0.3 is 9.84 Å². The summed E-state index contributed by atoms with van der Waals surface area (Å²) in [4.78, 5) is 16.9. The minimum absolute atomic E-state index is 0.0648. The number of carbonyl (C=O) groups excluding carboxylic acids is 1. The normalized spacial score (nSPS) is 11.0. The van der Waals surface area contributed by atoms with Crippen molar-refractivity contribution in [1.82, 2.24) is 10.1 Å². The average molecular weight is 385 g/mol. The molecule has 4 rings (SSSR count).